The molecule has 0 radical (unpaired) electrons. The van der Waals surface area contributed by atoms with Gasteiger partial charge in [-0.3, -0.25) is 0 Å². The van der Waals surface area contributed by atoms with Crippen molar-refractivity contribution >= 4 is 11.1 Å². The van der Waals surface area contributed by atoms with Gasteiger partial charge in [-0.25, -0.2) is 15.0 Å². The lowest BCUT2D eigenvalue weighted by Gasteiger charge is -2.41. The third-order valence-electron chi connectivity index (χ3n) is 14.0. The Labute approximate surface area is 386 Å². The fraction of sp³-hybridized carbons (Fsp3) is 0.0635. The molecule has 4 aliphatic carbocycles. The van der Waals surface area contributed by atoms with Crippen LogP contribution in [0.3, 0.4) is 0 Å². The molecule has 312 valence electrons. The molecule has 1 atom stereocenters. The number of benzene rings is 7. The van der Waals surface area contributed by atoms with Gasteiger partial charge in [0.15, 0.2) is 17.5 Å². The quantitative estimate of drug-likeness (QED) is 0.167. The lowest BCUT2D eigenvalue weighted by atomic mass is 9.61. The molecule has 3 heteroatoms. The van der Waals surface area contributed by atoms with E-state index in [1.54, 1.807) is 0 Å². The van der Waals surface area contributed by atoms with Crippen molar-refractivity contribution in [3.63, 3.8) is 0 Å². The first-order valence-electron chi connectivity index (χ1n) is 22.8. The van der Waals surface area contributed by atoms with E-state index in [1.807, 2.05) is 0 Å². The Bertz CT molecular complexity index is 3340. The Morgan fingerprint density at radius 2 is 0.864 bits per heavy atom. The van der Waals surface area contributed by atoms with Crippen LogP contribution in [0.1, 0.15) is 41.9 Å². The summed E-state index contributed by atoms with van der Waals surface area (Å²) in [6, 6.07) is 65.0. The number of allylic oxidation sites excluding steroid dienone is 14. The van der Waals surface area contributed by atoms with E-state index in [1.165, 1.54) is 50.1 Å². The van der Waals surface area contributed by atoms with Crippen molar-refractivity contribution in [3.05, 3.63) is 281 Å². The lowest BCUT2D eigenvalue weighted by molar-refractivity contribution is 0.620. The van der Waals surface area contributed by atoms with Crippen LogP contribution in [0.2, 0.25) is 0 Å². The highest BCUT2D eigenvalue weighted by Gasteiger charge is 2.55. The van der Waals surface area contributed by atoms with Crippen LogP contribution in [0.25, 0.3) is 67.3 Å². The number of hydrogen-bond acceptors (Lipinski definition) is 3. The fourth-order valence-corrected chi connectivity index (χ4v) is 11.1. The Balaban J connectivity index is 1.14. The highest BCUT2D eigenvalue weighted by Crippen LogP contribution is 2.66. The van der Waals surface area contributed by atoms with E-state index in [-0.39, 0.29) is 0 Å². The molecule has 0 saturated carbocycles. The molecule has 7 aromatic carbocycles. The maximum Gasteiger partial charge on any atom is 0.164 e. The summed E-state index contributed by atoms with van der Waals surface area (Å²) in [6.45, 7) is 4.47. The molecular weight excluding hydrogens is 799 g/mol. The number of nitrogens with zero attached hydrogens (tertiary/aromatic N) is 3. The monoisotopic (exact) mass is 843 g/mol. The van der Waals surface area contributed by atoms with Crippen LogP contribution < -0.4 is 0 Å². The van der Waals surface area contributed by atoms with Gasteiger partial charge < -0.3 is 0 Å². The molecule has 66 heavy (non-hydrogen) atoms. The minimum atomic E-state index is -0.568. The van der Waals surface area contributed by atoms with Gasteiger partial charge in [0, 0.05) is 22.1 Å². The van der Waals surface area contributed by atoms with Gasteiger partial charge in [0.05, 0.1) is 5.41 Å². The Morgan fingerprint density at radius 3 is 1.41 bits per heavy atom. The predicted molar refractivity (Wildman–Crippen MR) is 272 cm³/mol. The number of rotatable bonds is 6. The summed E-state index contributed by atoms with van der Waals surface area (Å²) >= 11 is 0. The zero-order valence-electron chi connectivity index (χ0n) is 36.9. The standard InChI is InChI=1S/C63H45N3/c1-3-4-27-49-48-32-17-20-38-56(48)63(54-36-18-15-30-46(54)47-31-16-19-37-55(47)63)58(49)57-40-39-52(53-35-21-22-41-62(53,57)2)61-65-59(50-33-13-11-28-44(50)42-23-7-5-8-24-42)64-60(66-61)51-34-14-12-29-45(51)43-25-9-6-10-26-43/h3-41H,1-2H3/b4-3-,49-27-,58-57+. The summed E-state index contributed by atoms with van der Waals surface area (Å²) in [6.07, 6.45) is 20.3. The van der Waals surface area contributed by atoms with Crippen LogP contribution in [0, 0.1) is 5.41 Å². The van der Waals surface area contributed by atoms with Gasteiger partial charge >= 0.3 is 0 Å². The molecule has 1 spiro atoms. The van der Waals surface area contributed by atoms with E-state index in [9.17, 15) is 0 Å². The second kappa shape index (κ2) is 15.8. The molecule has 1 unspecified atom stereocenters. The number of hydrogen-bond donors (Lipinski definition) is 0. The molecule has 0 saturated heterocycles. The van der Waals surface area contributed by atoms with Crippen LogP contribution in [0.5, 0.6) is 0 Å². The Hall–Kier alpha value is -8.27. The van der Waals surface area contributed by atoms with Crippen molar-refractivity contribution in [2.75, 3.05) is 0 Å². The maximum atomic E-state index is 5.48. The zero-order chi connectivity index (χ0) is 44.2. The van der Waals surface area contributed by atoms with Crippen LogP contribution in [-0.2, 0) is 5.41 Å². The minimum absolute atomic E-state index is 0.548. The molecule has 0 bridgehead atoms. The molecule has 4 aliphatic rings. The topological polar surface area (TPSA) is 38.7 Å². The van der Waals surface area contributed by atoms with Gasteiger partial charge in [0.25, 0.3) is 0 Å². The molecule has 12 rings (SSSR count). The minimum Gasteiger partial charge on any atom is -0.208 e. The third-order valence-corrected chi connectivity index (χ3v) is 14.0. The summed E-state index contributed by atoms with van der Waals surface area (Å²) < 4.78 is 0. The molecule has 8 aromatic rings. The second-order valence-electron chi connectivity index (χ2n) is 17.5. The van der Waals surface area contributed by atoms with Gasteiger partial charge in [-0.1, -0.05) is 237 Å². The van der Waals surface area contributed by atoms with Crippen LogP contribution in [0.15, 0.2) is 253 Å². The average Bonchev–Trinajstić information content (AvgIpc) is 3.84. The van der Waals surface area contributed by atoms with E-state index in [0.29, 0.717) is 17.5 Å². The smallest absolute Gasteiger partial charge is 0.164 e. The maximum absolute atomic E-state index is 5.48. The van der Waals surface area contributed by atoms with Crippen molar-refractivity contribution in [3.8, 4) is 56.2 Å². The zero-order valence-corrected chi connectivity index (χ0v) is 36.9. The van der Waals surface area contributed by atoms with Crippen molar-refractivity contribution in [1.29, 1.82) is 0 Å². The summed E-state index contributed by atoms with van der Waals surface area (Å²) in [5.74, 6) is 1.88. The third kappa shape index (κ3) is 5.93. The first kappa shape index (κ1) is 39.3. The molecule has 0 aliphatic heterocycles. The molecule has 0 amide bonds. The van der Waals surface area contributed by atoms with Gasteiger partial charge in [-0.2, -0.15) is 0 Å². The Morgan fingerprint density at radius 1 is 0.409 bits per heavy atom. The summed E-state index contributed by atoms with van der Waals surface area (Å²) in [7, 11) is 0. The molecule has 1 aromatic heterocycles. The van der Waals surface area contributed by atoms with Crippen LogP contribution in [0.4, 0.5) is 0 Å². The van der Waals surface area contributed by atoms with Crippen molar-refractivity contribution < 1.29 is 0 Å². The van der Waals surface area contributed by atoms with E-state index in [2.05, 4.69) is 251 Å². The van der Waals surface area contributed by atoms with Crippen LogP contribution in [-0.4, -0.2) is 15.0 Å². The van der Waals surface area contributed by atoms with Crippen LogP contribution >= 0.6 is 0 Å². The largest absolute Gasteiger partial charge is 0.208 e. The number of fused-ring (bicyclic) bond motifs is 8. The molecule has 0 fully saturated rings. The van der Waals surface area contributed by atoms with Gasteiger partial charge in [0.1, 0.15) is 0 Å². The SMILES string of the molecule is C\C=C/C=C1\C(=C2\C=CC(c3nc(-c4ccccc4-c4ccccc4)nc(-c4ccccc4-c4ccccc4)n3)=C3C=CC=CC32C)C2(c3ccccc31)c1ccccc1-c1ccccc12. The van der Waals surface area contributed by atoms with Crippen molar-refractivity contribution in [2.45, 2.75) is 19.3 Å². The summed E-state index contributed by atoms with van der Waals surface area (Å²) in [4.78, 5) is 16.3. The molecule has 1 heterocycles. The van der Waals surface area contributed by atoms with E-state index >= 15 is 0 Å². The van der Waals surface area contributed by atoms with E-state index < -0.39 is 10.8 Å². The first-order valence-corrected chi connectivity index (χ1v) is 22.8. The van der Waals surface area contributed by atoms with Gasteiger partial charge in [-0.05, 0) is 91.8 Å². The van der Waals surface area contributed by atoms with E-state index in [4.69, 9.17) is 15.0 Å². The van der Waals surface area contributed by atoms with Crippen molar-refractivity contribution in [2.24, 2.45) is 5.41 Å². The first-order chi connectivity index (χ1) is 32.6. The van der Waals surface area contributed by atoms with Gasteiger partial charge in [-0.15, -0.1) is 0 Å². The average molecular weight is 844 g/mol. The second-order valence-corrected chi connectivity index (χ2v) is 17.5. The highest BCUT2D eigenvalue weighted by molar-refractivity contribution is 6.02. The number of aromatic nitrogens is 3. The summed E-state index contributed by atoms with van der Waals surface area (Å²) in [5, 5.41) is 0. The van der Waals surface area contributed by atoms with Crippen molar-refractivity contribution in [1.82, 2.24) is 15.0 Å². The lowest BCUT2D eigenvalue weighted by Crippen LogP contribution is -2.32. The summed E-state index contributed by atoms with van der Waals surface area (Å²) in [5.41, 5.74) is 18.8. The van der Waals surface area contributed by atoms with E-state index in [0.717, 1.165) is 44.5 Å². The molecule has 0 N–H and O–H groups in total. The predicted octanol–water partition coefficient (Wildman–Crippen LogP) is 15.3. The fourth-order valence-electron chi connectivity index (χ4n) is 11.1. The molecular formula is C63H45N3. The normalized spacial score (nSPS) is 19.1. The van der Waals surface area contributed by atoms with Gasteiger partial charge in [0.2, 0.25) is 0 Å². The highest BCUT2D eigenvalue weighted by atomic mass is 15.0. The Kier molecular flexibility index (Phi) is 9.39. The molecule has 3 nitrogen and oxygen atoms in total.